The Hall–Kier alpha value is -3.22. The predicted molar refractivity (Wildman–Crippen MR) is 102 cm³/mol. The molecular weight excluding hydrogens is 345 g/mol. The number of carbonyl (C=O) groups excluding carboxylic acids is 1. The minimum Gasteiger partial charge on any atom is -0.378 e. The van der Waals surface area contributed by atoms with Crippen LogP contribution in [0, 0.1) is 12.7 Å². The molecule has 0 aliphatic heterocycles. The molecule has 1 aromatic heterocycles. The highest BCUT2D eigenvalue weighted by atomic mass is 19.1. The first kappa shape index (κ1) is 18.6. The summed E-state index contributed by atoms with van der Waals surface area (Å²) in [5.41, 5.74) is 3.17. The van der Waals surface area contributed by atoms with Gasteiger partial charge in [0, 0.05) is 12.2 Å². The van der Waals surface area contributed by atoms with Crippen molar-refractivity contribution in [3.8, 4) is 0 Å². The molecule has 140 valence electrons. The molecule has 2 aromatic carbocycles. The molecule has 3 rings (SSSR count). The monoisotopic (exact) mass is 367 g/mol. The Balaban J connectivity index is 1.40. The molecule has 0 atom stereocenters. The van der Waals surface area contributed by atoms with E-state index in [0.29, 0.717) is 31.2 Å². The second-order valence-corrected chi connectivity index (χ2v) is 6.32. The van der Waals surface area contributed by atoms with Gasteiger partial charge in [-0.1, -0.05) is 29.8 Å². The molecule has 0 saturated heterocycles. The third kappa shape index (κ3) is 5.91. The molecule has 3 aromatic rings. The summed E-state index contributed by atoms with van der Waals surface area (Å²) in [6.07, 6.45) is 0.760. The molecule has 27 heavy (non-hydrogen) atoms. The zero-order valence-electron chi connectivity index (χ0n) is 15.1. The third-order valence-electron chi connectivity index (χ3n) is 4.06. The molecule has 0 saturated carbocycles. The van der Waals surface area contributed by atoms with Crippen molar-refractivity contribution in [1.82, 2.24) is 20.5 Å². The summed E-state index contributed by atoms with van der Waals surface area (Å²) in [6.45, 7) is 3.02. The van der Waals surface area contributed by atoms with Gasteiger partial charge in [-0.15, -0.1) is 0 Å². The van der Waals surface area contributed by atoms with Crippen molar-refractivity contribution >= 4 is 11.6 Å². The van der Waals surface area contributed by atoms with E-state index in [9.17, 15) is 9.18 Å². The number of anilines is 1. The van der Waals surface area contributed by atoms with Crippen LogP contribution in [0.3, 0.4) is 0 Å². The molecule has 0 aliphatic carbocycles. The van der Waals surface area contributed by atoms with Crippen LogP contribution in [0.25, 0.3) is 0 Å². The Morgan fingerprint density at radius 2 is 1.85 bits per heavy atom. The van der Waals surface area contributed by atoms with Crippen LogP contribution in [0.2, 0.25) is 0 Å². The summed E-state index contributed by atoms with van der Waals surface area (Å²) < 4.78 is 12.9. The lowest BCUT2D eigenvalue weighted by Crippen LogP contribution is -2.27. The van der Waals surface area contributed by atoms with Crippen molar-refractivity contribution < 1.29 is 9.18 Å². The Labute approximate surface area is 157 Å². The van der Waals surface area contributed by atoms with E-state index < -0.39 is 0 Å². The molecule has 0 aliphatic rings. The van der Waals surface area contributed by atoms with E-state index in [-0.39, 0.29) is 18.1 Å². The molecule has 7 heteroatoms. The van der Waals surface area contributed by atoms with Crippen LogP contribution >= 0.6 is 0 Å². The largest absolute Gasteiger partial charge is 0.378 e. The molecule has 1 amide bonds. The molecule has 0 bridgehead atoms. The van der Waals surface area contributed by atoms with Gasteiger partial charge < -0.3 is 10.6 Å². The molecule has 3 N–H and O–H groups in total. The van der Waals surface area contributed by atoms with Crippen molar-refractivity contribution in [3.63, 3.8) is 0 Å². The lowest BCUT2D eigenvalue weighted by atomic mass is 10.1. The second-order valence-electron chi connectivity index (χ2n) is 6.32. The number of amides is 1. The van der Waals surface area contributed by atoms with Crippen LogP contribution in [0.15, 0.2) is 48.5 Å². The highest BCUT2D eigenvalue weighted by molar-refractivity contribution is 5.77. The highest BCUT2D eigenvalue weighted by Gasteiger charge is 2.09. The van der Waals surface area contributed by atoms with Gasteiger partial charge in [0.2, 0.25) is 5.91 Å². The van der Waals surface area contributed by atoms with Crippen LogP contribution in [-0.4, -0.2) is 27.6 Å². The van der Waals surface area contributed by atoms with Crippen molar-refractivity contribution in [2.75, 3.05) is 11.9 Å². The Morgan fingerprint density at radius 1 is 1.11 bits per heavy atom. The summed E-state index contributed by atoms with van der Waals surface area (Å²) in [7, 11) is 0. The van der Waals surface area contributed by atoms with E-state index in [1.54, 1.807) is 12.1 Å². The molecular formula is C20H22FN5O. The number of rotatable bonds is 8. The standard InChI is InChI=1S/C20H22FN5O/c1-14-2-8-17(9-3-14)23-13-19-24-18(25-26-19)12-20(27)22-11-10-15-4-6-16(21)7-5-15/h2-9,23H,10-13H2,1H3,(H,22,27)(H,24,25,26). The summed E-state index contributed by atoms with van der Waals surface area (Å²) >= 11 is 0. The topological polar surface area (TPSA) is 82.7 Å². The van der Waals surface area contributed by atoms with E-state index >= 15 is 0 Å². The van der Waals surface area contributed by atoms with Gasteiger partial charge in [0.15, 0.2) is 5.82 Å². The summed E-state index contributed by atoms with van der Waals surface area (Å²) in [6, 6.07) is 14.3. The normalized spacial score (nSPS) is 10.6. The van der Waals surface area contributed by atoms with Crippen molar-refractivity contribution in [3.05, 3.63) is 77.1 Å². The number of H-pyrrole nitrogens is 1. The van der Waals surface area contributed by atoms with Crippen molar-refractivity contribution in [2.24, 2.45) is 0 Å². The van der Waals surface area contributed by atoms with Crippen LogP contribution in [0.1, 0.15) is 22.8 Å². The fourth-order valence-corrected chi connectivity index (χ4v) is 2.55. The Kier molecular flexibility index (Phi) is 6.14. The first-order valence-electron chi connectivity index (χ1n) is 8.80. The predicted octanol–water partition coefficient (Wildman–Crippen LogP) is 2.77. The smallest absolute Gasteiger partial charge is 0.227 e. The molecule has 6 nitrogen and oxygen atoms in total. The minimum absolute atomic E-state index is 0.116. The zero-order valence-corrected chi connectivity index (χ0v) is 15.1. The molecule has 1 heterocycles. The van der Waals surface area contributed by atoms with Gasteiger partial charge in [0.25, 0.3) is 0 Å². The number of benzene rings is 2. The number of aryl methyl sites for hydroxylation is 1. The number of aromatic amines is 1. The lowest BCUT2D eigenvalue weighted by Gasteiger charge is -2.04. The zero-order chi connectivity index (χ0) is 19.1. The highest BCUT2D eigenvalue weighted by Crippen LogP contribution is 2.09. The molecule has 0 spiro atoms. The van der Waals surface area contributed by atoms with E-state index in [4.69, 9.17) is 0 Å². The average molecular weight is 367 g/mol. The van der Waals surface area contributed by atoms with Gasteiger partial charge in [0.1, 0.15) is 11.6 Å². The lowest BCUT2D eigenvalue weighted by molar-refractivity contribution is -0.120. The number of halogens is 1. The van der Waals surface area contributed by atoms with Crippen molar-refractivity contribution in [1.29, 1.82) is 0 Å². The number of hydrogen-bond donors (Lipinski definition) is 3. The number of hydrogen-bond acceptors (Lipinski definition) is 4. The van der Waals surface area contributed by atoms with Crippen LogP contribution in [0.4, 0.5) is 10.1 Å². The first-order valence-corrected chi connectivity index (χ1v) is 8.80. The second kappa shape index (κ2) is 8.93. The van der Waals surface area contributed by atoms with Gasteiger partial charge >= 0.3 is 0 Å². The Bertz CT molecular complexity index is 874. The summed E-state index contributed by atoms with van der Waals surface area (Å²) in [4.78, 5) is 16.3. The van der Waals surface area contributed by atoms with Gasteiger partial charge in [0.05, 0.1) is 13.0 Å². The average Bonchev–Trinajstić information content (AvgIpc) is 3.10. The van der Waals surface area contributed by atoms with Crippen LogP contribution < -0.4 is 10.6 Å². The molecule has 0 radical (unpaired) electrons. The van der Waals surface area contributed by atoms with Gasteiger partial charge in [-0.2, -0.15) is 5.10 Å². The number of nitrogens with zero attached hydrogens (tertiary/aromatic N) is 2. The van der Waals surface area contributed by atoms with Crippen LogP contribution in [0.5, 0.6) is 0 Å². The summed E-state index contributed by atoms with van der Waals surface area (Å²) in [5.74, 6) is 0.717. The maximum atomic E-state index is 12.9. The SMILES string of the molecule is Cc1ccc(NCc2nc(CC(=O)NCCc3ccc(F)cc3)n[nH]2)cc1. The van der Waals surface area contributed by atoms with Crippen molar-refractivity contribution in [2.45, 2.75) is 26.3 Å². The van der Waals surface area contributed by atoms with Gasteiger partial charge in [-0.3, -0.25) is 9.89 Å². The van der Waals surface area contributed by atoms with E-state index in [1.165, 1.54) is 17.7 Å². The minimum atomic E-state index is -0.264. The number of nitrogens with one attached hydrogen (secondary N) is 3. The Morgan fingerprint density at radius 3 is 2.59 bits per heavy atom. The quantitative estimate of drug-likeness (QED) is 0.572. The van der Waals surface area contributed by atoms with E-state index in [0.717, 1.165) is 11.3 Å². The van der Waals surface area contributed by atoms with E-state index in [1.807, 2.05) is 31.2 Å². The fourth-order valence-electron chi connectivity index (χ4n) is 2.55. The van der Waals surface area contributed by atoms with Gasteiger partial charge in [-0.05, 0) is 43.2 Å². The first-order chi connectivity index (χ1) is 13.1. The van der Waals surface area contributed by atoms with E-state index in [2.05, 4.69) is 25.8 Å². The molecule has 0 fully saturated rings. The van der Waals surface area contributed by atoms with Gasteiger partial charge in [-0.25, -0.2) is 9.37 Å². The number of aromatic nitrogens is 3. The van der Waals surface area contributed by atoms with Crippen LogP contribution in [-0.2, 0) is 24.2 Å². The molecule has 0 unspecified atom stereocenters. The maximum absolute atomic E-state index is 12.9. The maximum Gasteiger partial charge on any atom is 0.227 e. The fraction of sp³-hybridized carbons (Fsp3) is 0.250. The number of carbonyl (C=O) groups is 1. The third-order valence-corrected chi connectivity index (χ3v) is 4.06. The summed E-state index contributed by atoms with van der Waals surface area (Å²) in [5, 5.41) is 13.0.